The quantitative estimate of drug-likeness (QED) is 0.717. The Balaban J connectivity index is 1.47. The zero-order chi connectivity index (χ0) is 21.0. The number of carbonyl (C=O) groups excluding carboxylic acids is 1. The van der Waals surface area contributed by atoms with Crippen molar-refractivity contribution in [2.45, 2.75) is 70.1 Å². The molecule has 29 heavy (non-hydrogen) atoms. The van der Waals surface area contributed by atoms with E-state index < -0.39 is 10.0 Å². The fourth-order valence-electron chi connectivity index (χ4n) is 3.91. The molecular formula is C19H31N5O4S. The van der Waals surface area contributed by atoms with Crippen molar-refractivity contribution in [1.82, 2.24) is 19.6 Å². The molecule has 0 aromatic carbocycles. The van der Waals surface area contributed by atoms with E-state index in [0.717, 1.165) is 37.7 Å². The van der Waals surface area contributed by atoms with Crippen molar-refractivity contribution in [3.63, 3.8) is 0 Å². The lowest BCUT2D eigenvalue weighted by atomic mass is 10.0. The lowest BCUT2D eigenvalue weighted by Crippen LogP contribution is -2.42. The first-order valence-electron chi connectivity index (χ1n) is 10.2. The molecule has 1 aliphatic heterocycles. The molecular weight excluding hydrogens is 394 g/mol. The molecule has 1 aromatic rings. The summed E-state index contributed by atoms with van der Waals surface area (Å²) in [6.07, 6.45) is 8.53. The van der Waals surface area contributed by atoms with Gasteiger partial charge in [0.1, 0.15) is 6.10 Å². The highest BCUT2D eigenvalue weighted by Crippen LogP contribution is 2.35. The Labute approximate surface area is 172 Å². The van der Waals surface area contributed by atoms with E-state index in [2.05, 4.69) is 20.6 Å². The molecule has 2 aliphatic rings. The molecule has 2 N–H and O–H groups in total. The van der Waals surface area contributed by atoms with E-state index in [9.17, 15) is 13.2 Å². The van der Waals surface area contributed by atoms with Crippen LogP contribution < -0.4 is 10.6 Å². The maximum Gasteiger partial charge on any atom is 0.407 e. The molecule has 3 rings (SSSR count). The number of piperidine rings is 1. The molecule has 0 unspecified atom stereocenters. The fourth-order valence-corrected chi connectivity index (χ4v) is 4.78. The third-order valence-corrected chi connectivity index (χ3v) is 6.77. The number of amides is 1. The molecule has 1 aromatic heterocycles. The Morgan fingerprint density at radius 3 is 2.41 bits per heavy atom. The van der Waals surface area contributed by atoms with Gasteiger partial charge in [-0.2, -0.15) is 0 Å². The molecule has 1 saturated heterocycles. The molecule has 9 nitrogen and oxygen atoms in total. The number of carbonyl (C=O) groups is 1. The van der Waals surface area contributed by atoms with E-state index >= 15 is 0 Å². The van der Waals surface area contributed by atoms with Crippen molar-refractivity contribution in [1.29, 1.82) is 0 Å². The van der Waals surface area contributed by atoms with E-state index in [0.29, 0.717) is 25.0 Å². The van der Waals surface area contributed by atoms with Crippen LogP contribution in [0.5, 0.6) is 0 Å². The summed E-state index contributed by atoms with van der Waals surface area (Å²) in [7, 11) is -3.12. The predicted molar refractivity (Wildman–Crippen MR) is 110 cm³/mol. The summed E-state index contributed by atoms with van der Waals surface area (Å²) < 4.78 is 30.2. The molecule has 1 amide bonds. The largest absolute Gasteiger partial charge is 0.446 e. The van der Waals surface area contributed by atoms with Gasteiger partial charge in [-0.1, -0.05) is 0 Å². The van der Waals surface area contributed by atoms with Crippen LogP contribution in [0.1, 0.15) is 57.4 Å². The smallest absolute Gasteiger partial charge is 0.407 e. The van der Waals surface area contributed by atoms with Gasteiger partial charge in [0.15, 0.2) is 0 Å². The highest BCUT2D eigenvalue weighted by Gasteiger charge is 2.29. The Morgan fingerprint density at radius 2 is 1.83 bits per heavy atom. The van der Waals surface area contributed by atoms with Crippen LogP contribution in [0.25, 0.3) is 0 Å². The second kappa shape index (κ2) is 9.25. The van der Waals surface area contributed by atoms with Crippen LogP contribution >= 0.6 is 0 Å². The molecule has 2 fully saturated rings. The summed E-state index contributed by atoms with van der Waals surface area (Å²) in [6.45, 7) is 4.84. The van der Waals surface area contributed by atoms with Crippen molar-refractivity contribution in [2.75, 3.05) is 24.7 Å². The number of aromatic nitrogens is 2. The third-order valence-electron chi connectivity index (χ3n) is 5.46. The summed E-state index contributed by atoms with van der Waals surface area (Å²) in [5.41, 5.74) is 1.05. The minimum absolute atomic E-state index is 0.0618. The number of hydrogen-bond acceptors (Lipinski definition) is 7. The zero-order valence-corrected chi connectivity index (χ0v) is 18.1. The van der Waals surface area contributed by atoms with Gasteiger partial charge in [0.05, 0.1) is 6.26 Å². The van der Waals surface area contributed by atoms with Gasteiger partial charge in [0.25, 0.3) is 0 Å². The van der Waals surface area contributed by atoms with E-state index in [1.165, 1.54) is 10.6 Å². The van der Waals surface area contributed by atoms with E-state index in [4.69, 9.17) is 4.74 Å². The molecule has 2 atom stereocenters. The highest BCUT2D eigenvalue weighted by molar-refractivity contribution is 7.88. The standard InChI is InChI=1S/C19H31N5O4S/c1-13(2)22-19(25)28-17-5-4-14(10-17)15-11-20-18(21-12-15)23-16-6-8-24(9-7-16)29(3,26)27/h11-14,16-17H,4-10H2,1-3H3,(H,22,25)(H,20,21,23)/t14-,17+/m0/s1. The number of anilines is 1. The molecule has 0 spiro atoms. The SMILES string of the molecule is CC(C)NC(=O)O[C@@H]1CC[C@H](c2cnc(NC3CCN(S(C)(=O)=O)CC3)nc2)C1. The summed E-state index contributed by atoms with van der Waals surface area (Å²) in [6, 6.07) is 0.231. The first-order valence-corrected chi connectivity index (χ1v) is 12.1. The van der Waals surface area contributed by atoms with Crippen LogP contribution in [-0.4, -0.2) is 66.3 Å². The highest BCUT2D eigenvalue weighted by atomic mass is 32.2. The van der Waals surface area contributed by atoms with Crippen molar-refractivity contribution in [3.05, 3.63) is 18.0 Å². The fraction of sp³-hybridized carbons (Fsp3) is 0.737. The summed E-state index contributed by atoms with van der Waals surface area (Å²) in [5.74, 6) is 0.854. The summed E-state index contributed by atoms with van der Waals surface area (Å²) in [4.78, 5) is 20.6. The van der Waals surface area contributed by atoms with Gasteiger partial charge in [-0.05, 0) is 57.4 Å². The predicted octanol–water partition coefficient (Wildman–Crippen LogP) is 2.08. The van der Waals surface area contributed by atoms with E-state index in [1.807, 2.05) is 26.2 Å². The number of nitrogens with zero attached hydrogens (tertiary/aromatic N) is 3. The number of nitrogens with one attached hydrogen (secondary N) is 2. The number of rotatable bonds is 6. The Morgan fingerprint density at radius 1 is 1.17 bits per heavy atom. The number of alkyl carbamates (subject to hydrolysis) is 1. The van der Waals surface area contributed by atoms with Crippen LogP contribution in [0.15, 0.2) is 12.4 Å². The minimum Gasteiger partial charge on any atom is -0.446 e. The van der Waals surface area contributed by atoms with Gasteiger partial charge in [-0.15, -0.1) is 0 Å². The van der Waals surface area contributed by atoms with Crippen LogP contribution in [-0.2, 0) is 14.8 Å². The van der Waals surface area contributed by atoms with Gasteiger partial charge in [-0.25, -0.2) is 27.5 Å². The second-order valence-corrected chi connectivity index (χ2v) is 10.2. The van der Waals surface area contributed by atoms with Gasteiger partial charge < -0.3 is 15.4 Å². The molecule has 0 bridgehead atoms. The van der Waals surface area contributed by atoms with Gasteiger partial charge in [0, 0.05) is 37.6 Å². The topological polar surface area (TPSA) is 114 Å². The molecule has 0 radical (unpaired) electrons. The average molecular weight is 426 g/mol. The van der Waals surface area contributed by atoms with Crippen LogP contribution in [0, 0.1) is 0 Å². The Hall–Kier alpha value is -1.94. The maximum atomic E-state index is 11.8. The van der Waals surface area contributed by atoms with Gasteiger partial charge in [-0.3, -0.25) is 0 Å². The average Bonchev–Trinajstić information content (AvgIpc) is 3.09. The lowest BCUT2D eigenvalue weighted by Gasteiger charge is -2.30. The Kier molecular flexibility index (Phi) is 6.94. The molecule has 162 valence electrons. The maximum absolute atomic E-state index is 11.8. The minimum atomic E-state index is -3.12. The third kappa shape index (κ3) is 6.27. The normalized spacial score (nSPS) is 23.9. The van der Waals surface area contributed by atoms with Crippen molar-refractivity contribution in [2.24, 2.45) is 0 Å². The lowest BCUT2D eigenvalue weighted by molar-refractivity contribution is 0.0982. The first-order chi connectivity index (χ1) is 13.7. The van der Waals surface area contributed by atoms with Crippen LogP contribution in [0.3, 0.4) is 0 Å². The first kappa shape index (κ1) is 21.8. The molecule has 2 heterocycles. The molecule has 1 saturated carbocycles. The zero-order valence-electron chi connectivity index (χ0n) is 17.3. The van der Waals surface area contributed by atoms with Crippen molar-refractivity contribution < 1.29 is 17.9 Å². The molecule has 10 heteroatoms. The van der Waals surface area contributed by atoms with Crippen molar-refractivity contribution >= 4 is 22.1 Å². The number of ether oxygens (including phenoxy) is 1. The molecule has 1 aliphatic carbocycles. The van der Waals surface area contributed by atoms with Gasteiger partial charge >= 0.3 is 6.09 Å². The Bertz CT molecular complexity index is 791. The number of sulfonamides is 1. The number of hydrogen-bond donors (Lipinski definition) is 2. The van der Waals surface area contributed by atoms with Gasteiger partial charge in [0.2, 0.25) is 16.0 Å². The van der Waals surface area contributed by atoms with Crippen molar-refractivity contribution in [3.8, 4) is 0 Å². The van der Waals surface area contributed by atoms with Crippen LogP contribution in [0.2, 0.25) is 0 Å². The summed E-state index contributed by atoms with van der Waals surface area (Å²) >= 11 is 0. The monoisotopic (exact) mass is 425 g/mol. The van der Waals surface area contributed by atoms with Crippen LogP contribution in [0.4, 0.5) is 10.7 Å². The van der Waals surface area contributed by atoms with E-state index in [-0.39, 0.29) is 24.3 Å². The second-order valence-electron chi connectivity index (χ2n) is 8.26. The van der Waals surface area contributed by atoms with E-state index in [1.54, 1.807) is 0 Å². The summed E-state index contributed by atoms with van der Waals surface area (Å²) in [5, 5.41) is 6.05.